The number of fused-ring (bicyclic) bond motifs is 1. The fourth-order valence-corrected chi connectivity index (χ4v) is 5.79. The van der Waals surface area contributed by atoms with E-state index in [1.54, 1.807) is 0 Å². The number of pyridine rings is 1. The largest absolute Gasteiger partial charge is 0.495 e. The second-order valence-electron chi connectivity index (χ2n) is 9.20. The molecule has 0 radical (unpaired) electrons. The van der Waals surface area contributed by atoms with Crippen molar-refractivity contribution in [3.63, 3.8) is 0 Å². The summed E-state index contributed by atoms with van der Waals surface area (Å²) < 4.78 is 144. The van der Waals surface area contributed by atoms with Crippen LogP contribution in [0.3, 0.4) is 0 Å². The van der Waals surface area contributed by atoms with E-state index in [0.29, 0.717) is 0 Å². The molecule has 0 N–H and O–H groups in total. The summed E-state index contributed by atoms with van der Waals surface area (Å²) in [6.07, 6.45) is -4.60. The highest BCUT2D eigenvalue weighted by Crippen LogP contribution is 2.58. The number of benzene rings is 3. The summed E-state index contributed by atoms with van der Waals surface area (Å²) in [7, 11) is -3.98. The van der Waals surface area contributed by atoms with Gasteiger partial charge in [-0.2, -0.15) is 30.4 Å². The molecule has 6 nitrogen and oxygen atoms in total. The van der Waals surface area contributed by atoms with Gasteiger partial charge in [0.2, 0.25) is 34.8 Å². The lowest BCUT2D eigenvalue weighted by Crippen LogP contribution is -2.19. The number of halogens is 9. The molecule has 42 heavy (non-hydrogen) atoms. The third-order valence-electron chi connectivity index (χ3n) is 6.67. The second kappa shape index (κ2) is 10.2. The van der Waals surface area contributed by atoms with Gasteiger partial charge in [0.25, 0.3) is 5.56 Å². The molecule has 0 spiro atoms. The Morgan fingerprint density at radius 3 is 2.10 bits per heavy atom. The van der Waals surface area contributed by atoms with Crippen molar-refractivity contribution in [2.45, 2.75) is 23.4 Å². The van der Waals surface area contributed by atoms with Crippen molar-refractivity contribution in [2.75, 3.05) is 7.11 Å². The first kappa shape index (κ1) is 29.6. The van der Waals surface area contributed by atoms with E-state index >= 15 is 0 Å². The number of nitrogens with zero attached hydrogens (tertiary/aromatic N) is 1. The average Bonchev–Trinajstić information content (AvgIpc) is 3.74. The maximum absolute atomic E-state index is 14.0. The summed E-state index contributed by atoms with van der Waals surface area (Å²) in [6, 6.07) is 7.48. The van der Waals surface area contributed by atoms with Gasteiger partial charge in [0.05, 0.1) is 24.2 Å². The maximum Gasteiger partial charge on any atom is 0.392 e. The van der Waals surface area contributed by atoms with Crippen molar-refractivity contribution in [2.24, 2.45) is 5.92 Å². The highest BCUT2D eigenvalue weighted by atomic mass is 35.5. The van der Waals surface area contributed by atoms with Crippen molar-refractivity contribution in [1.29, 1.82) is 0 Å². The third kappa shape index (κ3) is 4.93. The molecule has 3 aromatic carbocycles. The lowest BCUT2D eigenvalue weighted by atomic mass is 10.1. The number of hydrogen-bond acceptors (Lipinski definition) is 5. The molecule has 1 aliphatic carbocycles. The van der Waals surface area contributed by atoms with Crippen LogP contribution in [0.2, 0.25) is 5.02 Å². The molecule has 4 aromatic rings. The molecule has 1 aromatic heterocycles. The van der Waals surface area contributed by atoms with Gasteiger partial charge in [-0.3, -0.25) is 9.36 Å². The smallest absolute Gasteiger partial charge is 0.392 e. The Hall–Kier alpha value is -3.85. The summed E-state index contributed by atoms with van der Waals surface area (Å²) in [5.41, 5.74) is -0.497. The predicted octanol–water partition coefficient (Wildman–Crippen LogP) is 6.78. The molecule has 0 aliphatic heterocycles. The summed E-state index contributed by atoms with van der Waals surface area (Å²) in [5.74, 6) is -16.9. The van der Waals surface area contributed by atoms with Gasteiger partial charge in [0.1, 0.15) is 10.6 Å². The Labute approximate surface area is 235 Å². The quantitative estimate of drug-likeness (QED) is 0.101. The van der Waals surface area contributed by atoms with E-state index in [1.165, 1.54) is 25.3 Å². The third-order valence-corrected chi connectivity index (χ3v) is 8.21. The standard InChI is InChI=1S/C26H14ClF8NO5S/c1-40-18-8-13(12-7-14(12)26(33,34)35)15(27)9-17(18)36-16-4-3-11(6-10(16)2-5-19(36)37)42(38,39)41-25-23(31)21(29)20(28)22(30)24(25)32/h2-6,8-9,12,14H,7H2,1H3. The Balaban J connectivity index is 1.58. The molecule has 2 atom stereocenters. The molecule has 5 rings (SSSR count). The number of hydrogen-bond donors (Lipinski definition) is 0. The molecular weight excluding hydrogens is 626 g/mol. The van der Waals surface area contributed by atoms with E-state index in [2.05, 4.69) is 4.18 Å². The lowest BCUT2D eigenvalue weighted by Gasteiger charge is -2.17. The van der Waals surface area contributed by atoms with Crippen LogP contribution in [0.4, 0.5) is 35.1 Å². The van der Waals surface area contributed by atoms with Crippen LogP contribution in [0, 0.1) is 35.0 Å². The molecule has 1 saturated carbocycles. The maximum atomic E-state index is 14.0. The van der Waals surface area contributed by atoms with Gasteiger partial charge < -0.3 is 8.92 Å². The highest BCUT2D eigenvalue weighted by molar-refractivity contribution is 7.87. The van der Waals surface area contributed by atoms with E-state index in [-0.39, 0.29) is 39.3 Å². The number of rotatable bonds is 6. The molecule has 0 bridgehead atoms. The second-order valence-corrected chi connectivity index (χ2v) is 11.2. The van der Waals surface area contributed by atoms with Gasteiger partial charge >= 0.3 is 16.3 Å². The van der Waals surface area contributed by atoms with Crippen LogP contribution in [-0.4, -0.2) is 26.3 Å². The van der Waals surface area contributed by atoms with E-state index in [9.17, 15) is 48.3 Å². The van der Waals surface area contributed by atoms with Crippen LogP contribution in [0.1, 0.15) is 17.9 Å². The summed E-state index contributed by atoms with van der Waals surface area (Å²) in [6.45, 7) is 0. The van der Waals surface area contributed by atoms with Gasteiger partial charge in [-0.15, -0.1) is 0 Å². The topological polar surface area (TPSA) is 74.6 Å². The van der Waals surface area contributed by atoms with Crippen LogP contribution < -0.4 is 14.5 Å². The normalized spacial score (nSPS) is 17.0. The first-order valence-corrected chi connectivity index (χ1v) is 13.4. The minimum atomic E-state index is -5.19. The van der Waals surface area contributed by atoms with Crippen LogP contribution in [0.5, 0.6) is 11.5 Å². The highest BCUT2D eigenvalue weighted by Gasteiger charge is 2.56. The monoisotopic (exact) mass is 639 g/mol. The summed E-state index contributed by atoms with van der Waals surface area (Å²) in [5, 5.41) is -0.0693. The van der Waals surface area contributed by atoms with Crippen molar-refractivity contribution in [1.82, 2.24) is 4.57 Å². The fraction of sp³-hybridized carbons (Fsp3) is 0.192. The molecule has 2 unspecified atom stereocenters. The van der Waals surface area contributed by atoms with E-state index in [0.717, 1.165) is 28.8 Å². The molecule has 1 fully saturated rings. The number of methoxy groups -OCH3 is 1. The van der Waals surface area contributed by atoms with Gasteiger partial charge in [-0.25, -0.2) is 13.2 Å². The molecular formula is C26H14ClF8NO5S. The van der Waals surface area contributed by atoms with Crippen molar-refractivity contribution in [3.05, 3.63) is 92.5 Å². The van der Waals surface area contributed by atoms with Gasteiger partial charge in [0.15, 0.2) is 0 Å². The van der Waals surface area contributed by atoms with Crippen molar-refractivity contribution in [3.8, 4) is 17.2 Å². The minimum Gasteiger partial charge on any atom is -0.495 e. The van der Waals surface area contributed by atoms with Crippen LogP contribution in [0.15, 0.2) is 52.2 Å². The van der Waals surface area contributed by atoms with E-state index in [1.807, 2.05) is 0 Å². The van der Waals surface area contributed by atoms with Gasteiger partial charge in [-0.1, -0.05) is 11.6 Å². The SMILES string of the molecule is COc1cc(C2CC2C(F)(F)F)c(Cl)cc1-n1c(=O)ccc2cc(S(=O)(=O)Oc3c(F)c(F)c(F)c(F)c3F)ccc21. The Morgan fingerprint density at radius 1 is 0.905 bits per heavy atom. The molecule has 0 saturated heterocycles. The number of aromatic nitrogens is 1. The van der Waals surface area contributed by atoms with Gasteiger partial charge in [0, 0.05) is 16.5 Å². The fourth-order valence-electron chi connectivity index (χ4n) is 4.53. The Bertz CT molecular complexity index is 1920. The van der Waals surface area contributed by atoms with Crippen molar-refractivity contribution < 1.29 is 52.5 Å². The zero-order valence-corrected chi connectivity index (χ0v) is 22.3. The molecule has 1 heterocycles. The summed E-state index contributed by atoms with van der Waals surface area (Å²) in [4.78, 5) is 12.1. The van der Waals surface area contributed by atoms with Gasteiger partial charge in [-0.05, 0) is 54.3 Å². The first-order valence-electron chi connectivity index (χ1n) is 11.6. The van der Waals surface area contributed by atoms with Crippen LogP contribution in [-0.2, 0) is 10.1 Å². The van der Waals surface area contributed by atoms with Crippen LogP contribution in [0.25, 0.3) is 16.6 Å². The zero-order chi connectivity index (χ0) is 30.9. The molecule has 16 heteroatoms. The first-order chi connectivity index (χ1) is 19.6. The van der Waals surface area contributed by atoms with Crippen molar-refractivity contribution >= 4 is 32.6 Å². The molecule has 222 valence electrons. The zero-order valence-electron chi connectivity index (χ0n) is 20.7. The summed E-state index contributed by atoms with van der Waals surface area (Å²) >= 11 is 6.31. The number of alkyl halides is 3. The van der Waals surface area contributed by atoms with Crippen LogP contribution >= 0.6 is 11.6 Å². The minimum absolute atomic E-state index is 0.000629. The molecule has 1 aliphatic rings. The predicted molar refractivity (Wildman–Crippen MR) is 132 cm³/mol. The Kier molecular flexibility index (Phi) is 7.16. The Morgan fingerprint density at radius 2 is 1.52 bits per heavy atom. The molecule has 0 amide bonds. The van der Waals surface area contributed by atoms with E-state index < -0.39 is 73.4 Å². The lowest BCUT2D eigenvalue weighted by molar-refractivity contribution is -0.148. The average molecular weight is 640 g/mol. The van der Waals surface area contributed by atoms with E-state index in [4.69, 9.17) is 16.3 Å². The number of ether oxygens (including phenoxy) is 1.